The first kappa shape index (κ1) is 18.2. The monoisotopic (exact) mass is 390 g/mol. The molecular weight excluding hydrogens is 364 g/mol. The Morgan fingerprint density at radius 1 is 1.03 bits per heavy atom. The predicted molar refractivity (Wildman–Crippen MR) is 111 cm³/mol. The lowest BCUT2D eigenvalue weighted by Crippen LogP contribution is -2.31. The normalized spacial score (nSPS) is 16.0. The van der Waals surface area contributed by atoms with Crippen molar-refractivity contribution >= 4 is 0 Å². The topological polar surface area (TPSA) is 52.4 Å². The van der Waals surface area contributed by atoms with Gasteiger partial charge in [-0.15, -0.1) is 0 Å². The van der Waals surface area contributed by atoms with E-state index < -0.39 is 0 Å². The highest BCUT2D eigenvalue weighted by molar-refractivity contribution is 5.51. The highest BCUT2D eigenvalue weighted by Crippen LogP contribution is 2.33. The molecule has 6 heteroatoms. The van der Waals surface area contributed by atoms with Crippen molar-refractivity contribution in [2.24, 2.45) is 0 Å². The average molecular weight is 390 g/mol. The lowest BCUT2D eigenvalue weighted by molar-refractivity contribution is 0.171. The number of fused-ring (bicyclic) bond motifs is 2. The molecule has 0 atom stereocenters. The molecule has 0 saturated carbocycles. The van der Waals surface area contributed by atoms with Crippen molar-refractivity contribution in [1.29, 1.82) is 0 Å². The number of nitrogens with zero attached hydrogens (tertiary/aromatic N) is 4. The van der Waals surface area contributed by atoms with E-state index in [4.69, 9.17) is 9.47 Å². The van der Waals surface area contributed by atoms with Gasteiger partial charge in [-0.1, -0.05) is 0 Å². The summed E-state index contributed by atoms with van der Waals surface area (Å²) in [6.45, 7) is 10.4. The fourth-order valence-electron chi connectivity index (χ4n) is 4.41. The first-order valence-corrected chi connectivity index (χ1v) is 10.2. The number of hydrogen-bond donors (Lipinski definition) is 0. The molecule has 0 unspecified atom stereocenters. The summed E-state index contributed by atoms with van der Waals surface area (Å²) in [6, 6.07) is 8.49. The Labute approximate surface area is 171 Å². The minimum Gasteiger partial charge on any atom is -0.486 e. The summed E-state index contributed by atoms with van der Waals surface area (Å²) in [4.78, 5) is 11.5. The number of hydrogen-bond acceptors (Lipinski definition) is 5. The molecule has 2 aliphatic rings. The second-order valence-corrected chi connectivity index (χ2v) is 7.91. The molecule has 2 aromatic heterocycles. The van der Waals surface area contributed by atoms with Crippen molar-refractivity contribution in [3.63, 3.8) is 0 Å². The van der Waals surface area contributed by atoms with Crippen molar-refractivity contribution in [1.82, 2.24) is 19.4 Å². The third-order valence-corrected chi connectivity index (χ3v) is 5.85. The molecule has 3 aromatic rings. The SMILES string of the molecule is Cc1ncc2c(n1)CCN(Cc1cc(C)n(-c3ccc4c(c3)OCCO4)c1C)C2. The van der Waals surface area contributed by atoms with Crippen LogP contribution >= 0.6 is 0 Å². The molecule has 4 heterocycles. The van der Waals surface area contributed by atoms with Gasteiger partial charge in [0.25, 0.3) is 0 Å². The first-order valence-electron chi connectivity index (χ1n) is 10.2. The summed E-state index contributed by atoms with van der Waals surface area (Å²) in [5, 5.41) is 0. The van der Waals surface area contributed by atoms with Crippen molar-refractivity contribution in [2.75, 3.05) is 19.8 Å². The molecule has 0 N–H and O–H groups in total. The maximum absolute atomic E-state index is 5.78. The van der Waals surface area contributed by atoms with Gasteiger partial charge in [-0.25, -0.2) is 9.97 Å². The van der Waals surface area contributed by atoms with Crippen LogP contribution in [0.2, 0.25) is 0 Å². The van der Waals surface area contributed by atoms with Crippen molar-refractivity contribution in [3.8, 4) is 17.2 Å². The Balaban J connectivity index is 1.40. The number of benzene rings is 1. The molecule has 150 valence electrons. The smallest absolute Gasteiger partial charge is 0.163 e. The highest BCUT2D eigenvalue weighted by Gasteiger charge is 2.21. The van der Waals surface area contributed by atoms with Crippen LogP contribution in [0.1, 0.15) is 34.0 Å². The molecule has 0 fully saturated rings. The number of aromatic nitrogens is 3. The van der Waals surface area contributed by atoms with Gasteiger partial charge in [-0.2, -0.15) is 0 Å². The van der Waals surface area contributed by atoms with E-state index in [1.165, 1.54) is 28.2 Å². The molecule has 0 aliphatic carbocycles. The maximum atomic E-state index is 5.78. The highest BCUT2D eigenvalue weighted by atomic mass is 16.6. The fraction of sp³-hybridized carbons (Fsp3) is 0.391. The van der Waals surface area contributed by atoms with E-state index in [1.807, 2.05) is 19.2 Å². The van der Waals surface area contributed by atoms with E-state index in [0.29, 0.717) is 13.2 Å². The van der Waals surface area contributed by atoms with Gasteiger partial charge in [-0.05, 0) is 44.5 Å². The zero-order valence-electron chi connectivity index (χ0n) is 17.2. The lowest BCUT2D eigenvalue weighted by Gasteiger charge is -2.28. The Morgan fingerprint density at radius 3 is 2.72 bits per heavy atom. The third kappa shape index (κ3) is 3.38. The van der Waals surface area contributed by atoms with Gasteiger partial charge in [0.1, 0.15) is 19.0 Å². The van der Waals surface area contributed by atoms with E-state index in [-0.39, 0.29) is 0 Å². The summed E-state index contributed by atoms with van der Waals surface area (Å²) in [5.41, 5.74) is 7.42. The summed E-state index contributed by atoms with van der Waals surface area (Å²) < 4.78 is 13.7. The van der Waals surface area contributed by atoms with Crippen LogP contribution in [0.5, 0.6) is 11.5 Å². The van der Waals surface area contributed by atoms with Crippen LogP contribution in [0.25, 0.3) is 5.69 Å². The van der Waals surface area contributed by atoms with Gasteiger partial charge in [0.15, 0.2) is 11.5 Å². The van der Waals surface area contributed by atoms with Crippen LogP contribution in [0.4, 0.5) is 0 Å². The van der Waals surface area contributed by atoms with Crippen LogP contribution in [0.3, 0.4) is 0 Å². The van der Waals surface area contributed by atoms with Crippen molar-refractivity contribution < 1.29 is 9.47 Å². The molecule has 0 amide bonds. The number of ether oxygens (including phenoxy) is 2. The van der Waals surface area contributed by atoms with E-state index >= 15 is 0 Å². The average Bonchev–Trinajstić information content (AvgIpc) is 3.00. The van der Waals surface area contributed by atoms with Crippen molar-refractivity contribution in [2.45, 2.75) is 40.3 Å². The molecule has 29 heavy (non-hydrogen) atoms. The van der Waals surface area contributed by atoms with Crippen LogP contribution in [-0.2, 0) is 19.5 Å². The van der Waals surface area contributed by atoms with Crippen LogP contribution in [-0.4, -0.2) is 39.2 Å². The number of aryl methyl sites for hydroxylation is 2. The quantitative estimate of drug-likeness (QED) is 0.685. The summed E-state index contributed by atoms with van der Waals surface area (Å²) >= 11 is 0. The molecule has 6 nitrogen and oxygen atoms in total. The molecule has 0 saturated heterocycles. The van der Waals surface area contributed by atoms with Gasteiger partial charge in [0.05, 0.1) is 0 Å². The molecule has 0 radical (unpaired) electrons. The van der Waals surface area contributed by atoms with Gasteiger partial charge in [-0.3, -0.25) is 4.90 Å². The van der Waals surface area contributed by atoms with Crippen LogP contribution in [0, 0.1) is 20.8 Å². The fourth-order valence-corrected chi connectivity index (χ4v) is 4.41. The van der Waals surface area contributed by atoms with E-state index in [0.717, 1.165) is 49.1 Å². The Hall–Kier alpha value is -2.86. The minimum atomic E-state index is 0.602. The zero-order valence-corrected chi connectivity index (χ0v) is 17.2. The van der Waals surface area contributed by atoms with Crippen LogP contribution < -0.4 is 9.47 Å². The first-order chi connectivity index (χ1) is 14.1. The van der Waals surface area contributed by atoms with Crippen molar-refractivity contribution in [3.05, 3.63) is 64.5 Å². The van der Waals surface area contributed by atoms with E-state index in [1.54, 1.807) is 0 Å². The summed E-state index contributed by atoms with van der Waals surface area (Å²) in [7, 11) is 0. The third-order valence-electron chi connectivity index (χ3n) is 5.85. The molecule has 2 aliphatic heterocycles. The molecular formula is C23H26N4O2. The Kier molecular flexibility index (Phi) is 4.51. The minimum absolute atomic E-state index is 0.602. The Bertz CT molecular complexity index is 1070. The standard InChI is InChI=1S/C23H26N4O2/c1-15-10-18(13-26-7-6-21-19(14-26)12-24-17(3)25-21)16(2)27(15)20-4-5-22-23(11-20)29-9-8-28-22/h4-5,10-12H,6-9,13-14H2,1-3H3. The summed E-state index contributed by atoms with van der Waals surface area (Å²) in [5.74, 6) is 2.51. The summed E-state index contributed by atoms with van der Waals surface area (Å²) in [6.07, 6.45) is 2.97. The van der Waals surface area contributed by atoms with Crippen LogP contribution in [0.15, 0.2) is 30.5 Å². The maximum Gasteiger partial charge on any atom is 0.163 e. The van der Waals surface area contributed by atoms with Gasteiger partial charge in [0, 0.05) is 66.7 Å². The second kappa shape index (κ2) is 7.19. The molecule has 0 spiro atoms. The lowest BCUT2D eigenvalue weighted by atomic mass is 10.1. The second-order valence-electron chi connectivity index (χ2n) is 7.91. The van der Waals surface area contributed by atoms with E-state index in [2.05, 4.69) is 51.5 Å². The predicted octanol–water partition coefficient (Wildman–Crippen LogP) is 3.52. The van der Waals surface area contributed by atoms with Gasteiger partial charge < -0.3 is 14.0 Å². The zero-order chi connectivity index (χ0) is 20.0. The molecule has 1 aromatic carbocycles. The number of rotatable bonds is 3. The van der Waals surface area contributed by atoms with Gasteiger partial charge >= 0.3 is 0 Å². The largest absolute Gasteiger partial charge is 0.486 e. The van der Waals surface area contributed by atoms with E-state index in [9.17, 15) is 0 Å². The van der Waals surface area contributed by atoms with Gasteiger partial charge in [0.2, 0.25) is 0 Å². The molecule has 5 rings (SSSR count). The Morgan fingerprint density at radius 2 is 1.86 bits per heavy atom. The molecule has 0 bridgehead atoms.